The van der Waals surface area contributed by atoms with Crippen LogP contribution in [-0.4, -0.2) is 39.7 Å². The minimum atomic E-state index is -0.507. The molecular weight excluding hydrogens is 236 g/mol. The molecule has 0 spiro atoms. The number of carbonyl (C=O) groups excluding carboxylic acids is 1. The van der Waals surface area contributed by atoms with Crippen molar-refractivity contribution in [3.63, 3.8) is 0 Å². The van der Waals surface area contributed by atoms with Crippen molar-refractivity contribution in [3.8, 4) is 5.75 Å². The number of esters is 1. The molecule has 1 rings (SSSR count). The summed E-state index contributed by atoms with van der Waals surface area (Å²) in [6.07, 6.45) is -0.507. The first-order chi connectivity index (χ1) is 8.71. The molecular formula is C13H18O5. The topological polar surface area (TPSA) is 54.0 Å². The SMILES string of the molecule is CCOC(=O)c1cccc(OC(COC)OC)c1. The van der Waals surface area contributed by atoms with E-state index in [-0.39, 0.29) is 5.97 Å². The average molecular weight is 254 g/mol. The van der Waals surface area contributed by atoms with Crippen molar-refractivity contribution in [2.24, 2.45) is 0 Å². The van der Waals surface area contributed by atoms with E-state index in [2.05, 4.69) is 0 Å². The highest BCUT2D eigenvalue weighted by Crippen LogP contribution is 2.16. The summed E-state index contributed by atoms with van der Waals surface area (Å²) < 4.78 is 20.5. The lowest BCUT2D eigenvalue weighted by molar-refractivity contribution is -0.0932. The van der Waals surface area contributed by atoms with Crippen LogP contribution in [0.15, 0.2) is 24.3 Å². The summed E-state index contributed by atoms with van der Waals surface area (Å²) in [5, 5.41) is 0. The van der Waals surface area contributed by atoms with Gasteiger partial charge in [-0.15, -0.1) is 0 Å². The van der Waals surface area contributed by atoms with E-state index < -0.39 is 6.29 Å². The fourth-order valence-electron chi connectivity index (χ4n) is 1.35. The second-order valence-electron chi connectivity index (χ2n) is 3.49. The Hall–Kier alpha value is -1.59. The third-order valence-corrected chi connectivity index (χ3v) is 2.18. The first kappa shape index (κ1) is 14.5. The van der Waals surface area contributed by atoms with E-state index in [0.29, 0.717) is 24.5 Å². The zero-order chi connectivity index (χ0) is 13.4. The number of hydrogen-bond donors (Lipinski definition) is 0. The van der Waals surface area contributed by atoms with Gasteiger partial charge in [0.15, 0.2) is 0 Å². The predicted octanol–water partition coefficient (Wildman–Crippen LogP) is 1.86. The van der Waals surface area contributed by atoms with E-state index in [0.717, 1.165) is 0 Å². The Labute approximate surface area is 107 Å². The minimum absolute atomic E-state index is 0.306. The minimum Gasteiger partial charge on any atom is -0.462 e. The first-order valence-electron chi connectivity index (χ1n) is 5.66. The van der Waals surface area contributed by atoms with Gasteiger partial charge in [0.05, 0.1) is 12.2 Å². The summed E-state index contributed by atoms with van der Waals surface area (Å²) in [6, 6.07) is 6.74. The number of hydrogen-bond acceptors (Lipinski definition) is 5. The molecule has 0 N–H and O–H groups in total. The van der Waals surface area contributed by atoms with Crippen LogP contribution in [0.25, 0.3) is 0 Å². The molecule has 1 aromatic carbocycles. The number of methoxy groups -OCH3 is 2. The summed E-state index contributed by atoms with van der Waals surface area (Å²) in [5.74, 6) is 0.160. The zero-order valence-corrected chi connectivity index (χ0v) is 10.8. The number of carbonyl (C=O) groups is 1. The second-order valence-corrected chi connectivity index (χ2v) is 3.49. The number of rotatable bonds is 7. The Balaban J connectivity index is 2.72. The Kier molecular flexibility index (Phi) is 6.18. The van der Waals surface area contributed by atoms with Crippen LogP contribution in [0.5, 0.6) is 5.75 Å². The zero-order valence-electron chi connectivity index (χ0n) is 10.8. The van der Waals surface area contributed by atoms with Crippen LogP contribution in [0.3, 0.4) is 0 Å². The molecule has 1 unspecified atom stereocenters. The molecule has 1 atom stereocenters. The van der Waals surface area contributed by atoms with Crippen molar-refractivity contribution in [1.29, 1.82) is 0 Å². The van der Waals surface area contributed by atoms with Crippen molar-refractivity contribution in [2.45, 2.75) is 13.2 Å². The quantitative estimate of drug-likeness (QED) is 0.549. The maximum Gasteiger partial charge on any atom is 0.338 e. The van der Waals surface area contributed by atoms with E-state index in [1.165, 1.54) is 7.11 Å². The lowest BCUT2D eigenvalue weighted by Gasteiger charge is -2.16. The van der Waals surface area contributed by atoms with Gasteiger partial charge in [0.2, 0.25) is 6.29 Å². The predicted molar refractivity (Wildman–Crippen MR) is 65.7 cm³/mol. The summed E-state index contributed by atoms with van der Waals surface area (Å²) in [5.41, 5.74) is 0.446. The molecule has 0 aliphatic carbocycles. The Morgan fingerprint density at radius 2 is 2.11 bits per heavy atom. The van der Waals surface area contributed by atoms with E-state index in [4.69, 9.17) is 18.9 Å². The van der Waals surface area contributed by atoms with E-state index in [1.54, 1.807) is 38.3 Å². The lowest BCUT2D eigenvalue weighted by atomic mass is 10.2. The molecule has 100 valence electrons. The van der Waals surface area contributed by atoms with Crippen LogP contribution >= 0.6 is 0 Å². The molecule has 5 heteroatoms. The van der Waals surface area contributed by atoms with Crippen LogP contribution < -0.4 is 4.74 Å². The molecule has 0 amide bonds. The van der Waals surface area contributed by atoms with Crippen LogP contribution in [-0.2, 0) is 14.2 Å². The Morgan fingerprint density at radius 1 is 1.33 bits per heavy atom. The molecule has 0 radical (unpaired) electrons. The van der Waals surface area contributed by atoms with Gasteiger partial charge in [-0.05, 0) is 25.1 Å². The Bertz CT molecular complexity index is 377. The molecule has 0 heterocycles. The smallest absolute Gasteiger partial charge is 0.338 e. The molecule has 0 saturated heterocycles. The standard InChI is InChI=1S/C13H18O5/c1-4-17-13(14)10-6-5-7-11(8-10)18-12(16-3)9-15-2/h5-8,12H,4,9H2,1-3H3. The molecule has 18 heavy (non-hydrogen) atoms. The Morgan fingerprint density at radius 3 is 2.72 bits per heavy atom. The third-order valence-electron chi connectivity index (χ3n) is 2.18. The van der Waals surface area contributed by atoms with Crippen molar-refractivity contribution < 1.29 is 23.7 Å². The van der Waals surface area contributed by atoms with Gasteiger partial charge in [-0.2, -0.15) is 0 Å². The van der Waals surface area contributed by atoms with Crippen molar-refractivity contribution in [3.05, 3.63) is 29.8 Å². The third kappa shape index (κ3) is 4.35. The van der Waals surface area contributed by atoms with Gasteiger partial charge < -0.3 is 18.9 Å². The van der Waals surface area contributed by atoms with Crippen molar-refractivity contribution in [2.75, 3.05) is 27.4 Å². The van der Waals surface area contributed by atoms with Gasteiger partial charge in [-0.1, -0.05) is 6.07 Å². The second kappa shape index (κ2) is 7.68. The molecule has 1 aromatic rings. The highest BCUT2D eigenvalue weighted by molar-refractivity contribution is 5.89. The maximum atomic E-state index is 11.5. The number of benzene rings is 1. The molecule has 0 aromatic heterocycles. The monoisotopic (exact) mass is 254 g/mol. The van der Waals surface area contributed by atoms with E-state index in [9.17, 15) is 4.79 Å². The van der Waals surface area contributed by atoms with Crippen LogP contribution in [0.2, 0.25) is 0 Å². The van der Waals surface area contributed by atoms with Gasteiger partial charge in [-0.25, -0.2) is 4.79 Å². The lowest BCUT2D eigenvalue weighted by Crippen LogP contribution is -2.24. The maximum absolute atomic E-state index is 11.5. The largest absolute Gasteiger partial charge is 0.462 e. The van der Waals surface area contributed by atoms with Crippen LogP contribution in [0.1, 0.15) is 17.3 Å². The van der Waals surface area contributed by atoms with Crippen molar-refractivity contribution >= 4 is 5.97 Å². The fourth-order valence-corrected chi connectivity index (χ4v) is 1.35. The van der Waals surface area contributed by atoms with Gasteiger partial charge in [0.1, 0.15) is 12.4 Å². The molecule has 0 fully saturated rings. The van der Waals surface area contributed by atoms with Gasteiger partial charge in [0, 0.05) is 14.2 Å². The normalized spacial score (nSPS) is 11.9. The van der Waals surface area contributed by atoms with E-state index >= 15 is 0 Å². The number of ether oxygens (including phenoxy) is 4. The summed E-state index contributed by atoms with van der Waals surface area (Å²) in [6.45, 7) is 2.41. The fraction of sp³-hybridized carbons (Fsp3) is 0.462. The van der Waals surface area contributed by atoms with Gasteiger partial charge in [-0.3, -0.25) is 0 Å². The van der Waals surface area contributed by atoms with E-state index in [1.807, 2.05) is 0 Å². The molecule has 0 bridgehead atoms. The van der Waals surface area contributed by atoms with Crippen LogP contribution in [0, 0.1) is 0 Å². The summed E-state index contributed by atoms with van der Waals surface area (Å²) in [7, 11) is 3.09. The van der Waals surface area contributed by atoms with Gasteiger partial charge in [0.25, 0.3) is 0 Å². The summed E-state index contributed by atoms with van der Waals surface area (Å²) in [4.78, 5) is 11.5. The highest BCUT2D eigenvalue weighted by atomic mass is 16.7. The molecule has 0 saturated carbocycles. The average Bonchev–Trinajstić information content (AvgIpc) is 2.39. The molecule has 0 aliphatic rings. The van der Waals surface area contributed by atoms with Crippen LogP contribution in [0.4, 0.5) is 0 Å². The van der Waals surface area contributed by atoms with Crippen molar-refractivity contribution in [1.82, 2.24) is 0 Å². The first-order valence-corrected chi connectivity index (χ1v) is 5.66. The summed E-state index contributed by atoms with van der Waals surface area (Å²) >= 11 is 0. The van der Waals surface area contributed by atoms with Gasteiger partial charge >= 0.3 is 5.97 Å². The highest BCUT2D eigenvalue weighted by Gasteiger charge is 2.11. The molecule has 0 aliphatic heterocycles. The molecule has 5 nitrogen and oxygen atoms in total.